The standard InChI is InChI=1S/C24H33N3O2/c25-24(11-4-5-12-24)23(29)26-15-18-14-19(16-26)21(13-17-7-2-1-3-8-17)27-20(18)9-6-10-22(27)28/h1-3,7-8,18-21H,4-6,9-16,25H2/t18-,19+,20+,21+/m1/s1. The van der Waals surface area contributed by atoms with Gasteiger partial charge in [0.15, 0.2) is 0 Å². The summed E-state index contributed by atoms with van der Waals surface area (Å²) in [5.74, 6) is 1.24. The number of amides is 2. The fraction of sp³-hybridized carbons (Fsp3) is 0.667. The SMILES string of the molecule is NC1(C(=O)N2C[C@H]3C[C@@H](C2)[C@H](Cc2ccccc2)N2C(=O)CCC[C@@H]32)CCCC1. The molecule has 5 nitrogen and oxygen atoms in total. The van der Waals surface area contributed by atoms with Gasteiger partial charge in [0, 0.05) is 31.6 Å². The normalized spacial score (nSPS) is 33.5. The Kier molecular flexibility index (Phi) is 4.89. The van der Waals surface area contributed by atoms with Crippen molar-refractivity contribution in [1.82, 2.24) is 9.80 Å². The zero-order valence-electron chi connectivity index (χ0n) is 17.3. The van der Waals surface area contributed by atoms with Gasteiger partial charge < -0.3 is 15.5 Å². The molecule has 2 N–H and O–H groups in total. The molecule has 4 atom stereocenters. The van der Waals surface area contributed by atoms with E-state index in [0.717, 1.165) is 64.5 Å². The maximum Gasteiger partial charge on any atom is 0.242 e. The van der Waals surface area contributed by atoms with E-state index in [-0.39, 0.29) is 18.0 Å². The van der Waals surface area contributed by atoms with E-state index in [1.165, 1.54) is 5.56 Å². The van der Waals surface area contributed by atoms with Gasteiger partial charge in [0.1, 0.15) is 0 Å². The zero-order chi connectivity index (χ0) is 20.0. The highest BCUT2D eigenvalue weighted by atomic mass is 16.2. The number of carbonyl (C=O) groups is 2. The maximum absolute atomic E-state index is 13.4. The molecule has 3 saturated heterocycles. The van der Waals surface area contributed by atoms with E-state index in [4.69, 9.17) is 5.73 Å². The van der Waals surface area contributed by atoms with Crippen molar-refractivity contribution in [3.8, 4) is 0 Å². The van der Waals surface area contributed by atoms with Gasteiger partial charge in [-0.2, -0.15) is 0 Å². The van der Waals surface area contributed by atoms with Crippen LogP contribution < -0.4 is 5.73 Å². The number of benzene rings is 1. The lowest BCUT2D eigenvalue weighted by molar-refractivity contribution is -0.157. The summed E-state index contributed by atoms with van der Waals surface area (Å²) < 4.78 is 0. The molecule has 1 aliphatic carbocycles. The Morgan fingerprint density at radius 1 is 1.07 bits per heavy atom. The van der Waals surface area contributed by atoms with Crippen molar-refractivity contribution in [3.05, 3.63) is 35.9 Å². The average molecular weight is 396 g/mol. The number of hydrogen-bond donors (Lipinski definition) is 1. The minimum atomic E-state index is -0.650. The molecule has 5 rings (SSSR count). The second-order valence-electron chi connectivity index (χ2n) is 9.85. The zero-order valence-corrected chi connectivity index (χ0v) is 17.3. The molecule has 4 fully saturated rings. The molecular weight excluding hydrogens is 362 g/mol. The Morgan fingerprint density at radius 3 is 2.55 bits per heavy atom. The smallest absolute Gasteiger partial charge is 0.242 e. The lowest BCUT2D eigenvalue weighted by atomic mass is 9.70. The molecule has 1 aromatic rings. The average Bonchev–Trinajstić information content (AvgIpc) is 3.19. The van der Waals surface area contributed by atoms with Crippen LogP contribution >= 0.6 is 0 Å². The van der Waals surface area contributed by atoms with Crippen LogP contribution in [0.15, 0.2) is 30.3 Å². The number of hydrogen-bond acceptors (Lipinski definition) is 3. The van der Waals surface area contributed by atoms with Gasteiger partial charge in [-0.1, -0.05) is 43.2 Å². The molecular formula is C24H33N3O2. The molecule has 0 spiro atoms. The molecule has 156 valence electrons. The Labute approximate surface area is 173 Å². The Morgan fingerprint density at radius 2 is 1.79 bits per heavy atom. The lowest BCUT2D eigenvalue weighted by Gasteiger charge is -2.57. The van der Waals surface area contributed by atoms with Crippen LogP contribution in [0.1, 0.15) is 56.9 Å². The predicted octanol–water partition coefficient (Wildman–Crippen LogP) is 2.73. The molecule has 1 saturated carbocycles. The third-order valence-electron chi connectivity index (χ3n) is 7.99. The number of likely N-dealkylation sites (tertiary alicyclic amines) is 1. The Hall–Kier alpha value is -1.88. The van der Waals surface area contributed by atoms with Crippen LogP contribution in [0.5, 0.6) is 0 Å². The van der Waals surface area contributed by atoms with E-state index in [2.05, 4.69) is 34.1 Å². The van der Waals surface area contributed by atoms with Gasteiger partial charge in [-0.25, -0.2) is 0 Å². The molecule has 0 radical (unpaired) electrons. The molecule has 4 aliphatic rings. The number of nitrogens with zero attached hydrogens (tertiary/aromatic N) is 2. The van der Waals surface area contributed by atoms with Crippen LogP contribution in [-0.2, 0) is 16.0 Å². The molecule has 29 heavy (non-hydrogen) atoms. The van der Waals surface area contributed by atoms with E-state index < -0.39 is 5.54 Å². The fourth-order valence-corrected chi connectivity index (χ4v) is 6.59. The first-order valence-corrected chi connectivity index (χ1v) is 11.5. The molecule has 0 aromatic heterocycles. The molecule has 3 aliphatic heterocycles. The summed E-state index contributed by atoms with van der Waals surface area (Å²) in [6.45, 7) is 1.53. The molecule has 5 heteroatoms. The van der Waals surface area contributed by atoms with Gasteiger partial charge in [0.25, 0.3) is 0 Å². The molecule has 3 heterocycles. The van der Waals surface area contributed by atoms with E-state index in [1.807, 2.05) is 6.07 Å². The topological polar surface area (TPSA) is 66.6 Å². The Bertz CT molecular complexity index is 774. The van der Waals surface area contributed by atoms with Gasteiger partial charge in [0.2, 0.25) is 11.8 Å². The van der Waals surface area contributed by atoms with Crippen molar-refractivity contribution in [2.75, 3.05) is 13.1 Å². The summed E-state index contributed by atoms with van der Waals surface area (Å²) in [4.78, 5) is 30.6. The maximum atomic E-state index is 13.4. The second-order valence-corrected chi connectivity index (χ2v) is 9.85. The first kappa shape index (κ1) is 19.1. The van der Waals surface area contributed by atoms with Crippen molar-refractivity contribution in [1.29, 1.82) is 0 Å². The Balaban J connectivity index is 1.43. The van der Waals surface area contributed by atoms with E-state index in [0.29, 0.717) is 24.2 Å². The summed E-state index contributed by atoms with van der Waals surface area (Å²) in [6.07, 6.45) is 8.50. The highest BCUT2D eigenvalue weighted by molar-refractivity contribution is 5.86. The molecule has 1 aromatic carbocycles. The quantitative estimate of drug-likeness (QED) is 0.856. The van der Waals surface area contributed by atoms with Gasteiger partial charge in [-0.3, -0.25) is 9.59 Å². The summed E-state index contributed by atoms with van der Waals surface area (Å²) >= 11 is 0. The van der Waals surface area contributed by atoms with Crippen molar-refractivity contribution in [2.45, 2.75) is 75.4 Å². The van der Waals surface area contributed by atoms with Crippen molar-refractivity contribution < 1.29 is 9.59 Å². The first-order valence-electron chi connectivity index (χ1n) is 11.5. The minimum Gasteiger partial charge on any atom is -0.340 e. The fourth-order valence-electron chi connectivity index (χ4n) is 6.59. The number of rotatable bonds is 3. The lowest BCUT2D eigenvalue weighted by Crippen LogP contribution is -2.67. The van der Waals surface area contributed by atoms with E-state index >= 15 is 0 Å². The minimum absolute atomic E-state index is 0.166. The predicted molar refractivity (Wildman–Crippen MR) is 112 cm³/mol. The number of nitrogens with two attached hydrogens (primary N) is 1. The van der Waals surface area contributed by atoms with E-state index in [9.17, 15) is 9.59 Å². The van der Waals surface area contributed by atoms with Crippen LogP contribution in [0.3, 0.4) is 0 Å². The highest BCUT2D eigenvalue weighted by Crippen LogP contribution is 2.43. The van der Waals surface area contributed by atoms with Crippen molar-refractivity contribution in [3.63, 3.8) is 0 Å². The third kappa shape index (κ3) is 3.37. The van der Waals surface area contributed by atoms with Crippen molar-refractivity contribution in [2.24, 2.45) is 17.6 Å². The van der Waals surface area contributed by atoms with Crippen LogP contribution in [0.4, 0.5) is 0 Å². The largest absolute Gasteiger partial charge is 0.340 e. The van der Waals surface area contributed by atoms with Gasteiger partial charge in [-0.15, -0.1) is 0 Å². The van der Waals surface area contributed by atoms with Crippen LogP contribution in [0.25, 0.3) is 0 Å². The van der Waals surface area contributed by atoms with Gasteiger partial charge in [-0.05, 0) is 55.9 Å². The molecule has 2 amide bonds. The van der Waals surface area contributed by atoms with E-state index in [1.54, 1.807) is 0 Å². The molecule has 0 unspecified atom stereocenters. The summed E-state index contributed by atoms with van der Waals surface area (Å²) in [5.41, 5.74) is 7.17. The number of carbonyl (C=O) groups excluding carboxylic acids is 2. The van der Waals surface area contributed by atoms with Gasteiger partial charge >= 0.3 is 0 Å². The number of piperidine rings is 3. The number of fused-ring (bicyclic) bond motifs is 4. The first-order chi connectivity index (χ1) is 14.0. The third-order valence-corrected chi connectivity index (χ3v) is 7.99. The van der Waals surface area contributed by atoms with Crippen LogP contribution in [-0.4, -0.2) is 52.3 Å². The second kappa shape index (κ2) is 7.42. The molecule has 2 bridgehead atoms. The van der Waals surface area contributed by atoms with Crippen molar-refractivity contribution >= 4 is 11.8 Å². The van der Waals surface area contributed by atoms with Crippen LogP contribution in [0.2, 0.25) is 0 Å². The monoisotopic (exact) mass is 395 g/mol. The highest BCUT2D eigenvalue weighted by Gasteiger charge is 2.51. The summed E-state index contributed by atoms with van der Waals surface area (Å²) in [6, 6.07) is 11.0. The summed E-state index contributed by atoms with van der Waals surface area (Å²) in [7, 11) is 0. The van der Waals surface area contributed by atoms with Gasteiger partial charge in [0.05, 0.1) is 5.54 Å². The summed E-state index contributed by atoms with van der Waals surface area (Å²) in [5, 5.41) is 0. The van der Waals surface area contributed by atoms with Crippen LogP contribution in [0, 0.1) is 11.8 Å².